The fourth-order valence-electron chi connectivity index (χ4n) is 1.58. The number of nitro groups is 1. The van der Waals surface area contributed by atoms with Gasteiger partial charge in [0.1, 0.15) is 5.82 Å². The topological polar surface area (TPSA) is 72.2 Å². The van der Waals surface area contributed by atoms with E-state index in [4.69, 9.17) is 23.2 Å². The number of benzene rings is 2. The summed E-state index contributed by atoms with van der Waals surface area (Å²) in [6.45, 7) is 0. The number of hydrogen-bond donors (Lipinski definition) is 1. The minimum atomic E-state index is -0.698. The molecule has 0 aliphatic heterocycles. The number of rotatable bonds is 3. The van der Waals surface area contributed by atoms with Gasteiger partial charge in [0.05, 0.1) is 21.2 Å². The number of carbonyl (C=O) groups excluding carboxylic acids is 1. The third kappa shape index (κ3) is 3.48. The van der Waals surface area contributed by atoms with Crippen LogP contribution in [0.15, 0.2) is 36.4 Å². The van der Waals surface area contributed by atoms with E-state index < -0.39 is 16.6 Å². The van der Waals surface area contributed by atoms with Crippen molar-refractivity contribution in [2.45, 2.75) is 0 Å². The van der Waals surface area contributed by atoms with E-state index in [0.717, 1.165) is 18.2 Å². The Morgan fingerprint density at radius 1 is 1.19 bits per heavy atom. The van der Waals surface area contributed by atoms with Gasteiger partial charge in [-0.3, -0.25) is 14.9 Å². The van der Waals surface area contributed by atoms with Gasteiger partial charge in [-0.15, -0.1) is 0 Å². The van der Waals surface area contributed by atoms with Crippen LogP contribution in [0.1, 0.15) is 10.4 Å². The summed E-state index contributed by atoms with van der Waals surface area (Å²) in [6, 6.07) is 7.06. The van der Waals surface area contributed by atoms with Crippen LogP contribution in [0.3, 0.4) is 0 Å². The zero-order chi connectivity index (χ0) is 15.6. The van der Waals surface area contributed by atoms with Gasteiger partial charge in [-0.25, -0.2) is 4.39 Å². The van der Waals surface area contributed by atoms with Crippen molar-refractivity contribution in [2.24, 2.45) is 0 Å². The summed E-state index contributed by atoms with van der Waals surface area (Å²) >= 11 is 11.5. The third-order valence-electron chi connectivity index (χ3n) is 2.58. The Labute approximate surface area is 128 Å². The fraction of sp³-hybridized carbons (Fsp3) is 0. The van der Waals surface area contributed by atoms with E-state index in [1.807, 2.05) is 0 Å². The lowest BCUT2D eigenvalue weighted by molar-refractivity contribution is -0.384. The lowest BCUT2D eigenvalue weighted by Crippen LogP contribution is -2.13. The quantitative estimate of drug-likeness (QED) is 0.674. The number of hydrogen-bond acceptors (Lipinski definition) is 3. The predicted octanol–water partition coefficient (Wildman–Crippen LogP) is 4.29. The lowest BCUT2D eigenvalue weighted by Gasteiger charge is -2.08. The van der Waals surface area contributed by atoms with E-state index in [9.17, 15) is 19.3 Å². The third-order valence-corrected chi connectivity index (χ3v) is 3.13. The standard InChI is InChI=1S/C13H7Cl2FN2O3/c14-7-1-4-11(16)12(5-7)17-13(19)9-3-2-8(18(20)21)6-10(9)15/h1-6H,(H,17,19). The van der Waals surface area contributed by atoms with Crippen molar-refractivity contribution >= 4 is 40.5 Å². The van der Waals surface area contributed by atoms with Crippen molar-refractivity contribution in [2.75, 3.05) is 5.32 Å². The van der Waals surface area contributed by atoms with Crippen molar-refractivity contribution < 1.29 is 14.1 Å². The molecule has 2 rings (SSSR count). The summed E-state index contributed by atoms with van der Waals surface area (Å²) < 4.78 is 13.5. The average Bonchev–Trinajstić information content (AvgIpc) is 2.42. The molecule has 0 aromatic heterocycles. The Morgan fingerprint density at radius 2 is 1.90 bits per heavy atom. The van der Waals surface area contributed by atoms with Gasteiger partial charge in [-0.2, -0.15) is 0 Å². The van der Waals surface area contributed by atoms with Crippen LogP contribution in [-0.2, 0) is 0 Å². The Kier molecular flexibility index (Phi) is 4.40. The maximum atomic E-state index is 13.5. The Morgan fingerprint density at radius 3 is 2.52 bits per heavy atom. The van der Waals surface area contributed by atoms with Crippen LogP contribution in [-0.4, -0.2) is 10.8 Å². The first-order valence-electron chi connectivity index (χ1n) is 5.59. The zero-order valence-corrected chi connectivity index (χ0v) is 11.8. The van der Waals surface area contributed by atoms with Crippen LogP contribution in [0.2, 0.25) is 10.0 Å². The molecule has 0 fully saturated rings. The highest BCUT2D eigenvalue weighted by molar-refractivity contribution is 6.34. The minimum absolute atomic E-state index is 0.0124. The summed E-state index contributed by atoms with van der Waals surface area (Å²) in [4.78, 5) is 22.0. The second-order valence-electron chi connectivity index (χ2n) is 4.00. The van der Waals surface area contributed by atoms with E-state index in [1.165, 1.54) is 18.2 Å². The van der Waals surface area contributed by atoms with E-state index in [1.54, 1.807) is 0 Å². The van der Waals surface area contributed by atoms with Crippen molar-refractivity contribution in [1.82, 2.24) is 0 Å². The highest BCUT2D eigenvalue weighted by atomic mass is 35.5. The normalized spacial score (nSPS) is 10.2. The van der Waals surface area contributed by atoms with Crippen LogP contribution in [0.25, 0.3) is 0 Å². The molecular weight excluding hydrogens is 322 g/mol. The van der Waals surface area contributed by atoms with Gasteiger partial charge in [-0.1, -0.05) is 23.2 Å². The molecular formula is C13H7Cl2FN2O3. The second-order valence-corrected chi connectivity index (χ2v) is 4.84. The van der Waals surface area contributed by atoms with Gasteiger partial charge in [0, 0.05) is 17.2 Å². The highest BCUT2D eigenvalue weighted by Gasteiger charge is 2.16. The van der Waals surface area contributed by atoms with Crippen molar-refractivity contribution in [3.05, 3.63) is 67.9 Å². The zero-order valence-electron chi connectivity index (χ0n) is 10.3. The van der Waals surface area contributed by atoms with Crippen LogP contribution in [0.5, 0.6) is 0 Å². The summed E-state index contributed by atoms with van der Waals surface area (Å²) in [5.41, 5.74) is -0.367. The van der Waals surface area contributed by atoms with Gasteiger partial charge >= 0.3 is 0 Å². The summed E-state index contributed by atoms with van der Waals surface area (Å²) in [6.07, 6.45) is 0. The molecule has 0 spiro atoms. The predicted molar refractivity (Wildman–Crippen MR) is 77.5 cm³/mol. The molecule has 0 bridgehead atoms. The molecule has 0 saturated heterocycles. The first kappa shape index (κ1) is 15.2. The van der Waals surface area contributed by atoms with Crippen LogP contribution >= 0.6 is 23.2 Å². The Hall–Kier alpha value is -2.18. The molecule has 0 aliphatic rings. The molecule has 0 atom stereocenters. The molecule has 21 heavy (non-hydrogen) atoms. The van der Waals surface area contributed by atoms with Gasteiger partial charge in [-0.05, 0) is 24.3 Å². The number of non-ortho nitro benzene ring substituents is 1. The first-order chi connectivity index (χ1) is 9.88. The highest BCUT2D eigenvalue weighted by Crippen LogP contribution is 2.25. The molecule has 1 amide bonds. The Bertz CT molecular complexity index is 737. The van der Waals surface area contributed by atoms with E-state index in [0.29, 0.717) is 0 Å². The molecule has 108 valence electrons. The fourth-order valence-corrected chi connectivity index (χ4v) is 2.02. The number of halogens is 3. The monoisotopic (exact) mass is 328 g/mol. The molecule has 8 heteroatoms. The average molecular weight is 329 g/mol. The van der Waals surface area contributed by atoms with Gasteiger partial charge in [0.25, 0.3) is 11.6 Å². The minimum Gasteiger partial charge on any atom is -0.319 e. The SMILES string of the molecule is O=C(Nc1cc(Cl)ccc1F)c1ccc([N+](=O)[O-])cc1Cl. The van der Waals surface area contributed by atoms with Gasteiger partial charge < -0.3 is 5.32 Å². The molecule has 0 heterocycles. The van der Waals surface area contributed by atoms with E-state index >= 15 is 0 Å². The Balaban J connectivity index is 2.28. The maximum Gasteiger partial charge on any atom is 0.270 e. The summed E-state index contributed by atoms with van der Waals surface area (Å²) in [5, 5.41) is 13.0. The molecule has 0 aliphatic carbocycles. The van der Waals surface area contributed by atoms with Crippen molar-refractivity contribution in [1.29, 1.82) is 0 Å². The van der Waals surface area contributed by atoms with Crippen LogP contribution in [0.4, 0.5) is 15.8 Å². The van der Waals surface area contributed by atoms with Crippen molar-refractivity contribution in [3.63, 3.8) is 0 Å². The molecule has 5 nitrogen and oxygen atoms in total. The molecule has 2 aromatic carbocycles. The molecule has 1 N–H and O–H groups in total. The molecule has 0 radical (unpaired) electrons. The van der Waals surface area contributed by atoms with Gasteiger partial charge in [0.15, 0.2) is 0 Å². The maximum absolute atomic E-state index is 13.5. The summed E-state index contributed by atoms with van der Waals surface area (Å²) in [7, 11) is 0. The number of carbonyl (C=O) groups is 1. The number of nitrogens with one attached hydrogen (secondary N) is 1. The largest absolute Gasteiger partial charge is 0.319 e. The number of anilines is 1. The smallest absolute Gasteiger partial charge is 0.270 e. The second kappa shape index (κ2) is 6.07. The number of amides is 1. The van der Waals surface area contributed by atoms with Gasteiger partial charge in [0.2, 0.25) is 0 Å². The lowest BCUT2D eigenvalue weighted by atomic mass is 10.2. The molecule has 2 aromatic rings. The molecule has 0 unspecified atom stereocenters. The van der Waals surface area contributed by atoms with Crippen LogP contribution < -0.4 is 5.32 Å². The van der Waals surface area contributed by atoms with E-state index in [2.05, 4.69) is 5.32 Å². The van der Waals surface area contributed by atoms with Crippen molar-refractivity contribution in [3.8, 4) is 0 Å². The van der Waals surface area contributed by atoms with E-state index in [-0.39, 0.29) is 27.0 Å². The first-order valence-corrected chi connectivity index (χ1v) is 6.34. The summed E-state index contributed by atoms with van der Waals surface area (Å²) in [5.74, 6) is -1.36. The van der Waals surface area contributed by atoms with Crippen LogP contribution in [0, 0.1) is 15.9 Å². The number of nitro benzene ring substituents is 1. The molecule has 0 saturated carbocycles. The number of nitrogens with zero attached hydrogens (tertiary/aromatic N) is 1.